The highest BCUT2D eigenvalue weighted by atomic mass is 79.9. The molecule has 1 aliphatic heterocycles. The summed E-state index contributed by atoms with van der Waals surface area (Å²) in [5.74, 6) is 1.12. The Morgan fingerprint density at radius 3 is 2.65 bits per heavy atom. The smallest absolute Gasteiger partial charge is 0.240 e. The second-order valence-electron chi connectivity index (χ2n) is 7.70. The van der Waals surface area contributed by atoms with Crippen molar-refractivity contribution in [3.05, 3.63) is 34.9 Å². The van der Waals surface area contributed by atoms with E-state index in [4.69, 9.17) is 4.74 Å². The highest BCUT2D eigenvalue weighted by Crippen LogP contribution is 2.24. The molecule has 170 valence electrons. The van der Waals surface area contributed by atoms with E-state index in [1.807, 2.05) is 13.8 Å². The zero-order valence-corrected chi connectivity index (χ0v) is 19.9. The summed E-state index contributed by atoms with van der Waals surface area (Å²) in [4.78, 5) is 8.87. The van der Waals surface area contributed by atoms with Crippen molar-refractivity contribution in [3.8, 4) is 0 Å². The Morgan fingerprint density at radius 2 is 2.03 bits per heavy atom. The van der Waals surface area contributed by atoms with Gasteiger partial charge < -0.3 is 20.5 Å². The number of anilines is 3. The number of nitrogens with one attached hydrogen (secondary N) is 3. The van der Waals surface area contributed by atoms with Gasteiger partial charge in [0.1, 0.15) is 5.82 Å². The maximum atomic E-state index is 12.5. The fourth-order valence-corrected chi connectivity index (χ4v) is 4.44. The van der Waals surface area contributed by atoms with Crippen LogP contribution in [0.1, 0.15) is 26.7 Å². The van der Waals surface area contributed by atoms with E-state index in [0.717, 1.165) is 12.8 Å². The Morgan fingerprint density at radius 1 is 1.29 bits per heavy atom. The first-order valence-corrected chi connectivity index (χ1v) is 12.4. The molecular formula is C20H28BrN5O4S. The van der Waals surface area contributed by atoms with Crippen LogP contribution in [0.25, 0.3) is 0 Å². The number of halogens is 1. The molecule has 1 aliphatic rings. The lowest BCUT2D eigenvalue weighted by Crippen LogP contribution is -2.31. The number of benzene rings is 1. The van der Waals surface area contributed by atoms with Crippen molar-refractivity contribution in [1.82, 2.24) is 14.7 Å². The Bertz CT molecular complexity index is 966. The van der Waals surface area contributed by atoms with E-state index in [9.17, 15) is 13.5 Å². The number of rotatable bonds is 10. The molecule has 11 heteroatoms. The van der Waals surface area contributed by atoms with E-state index in [1.54, 1.807) is 18.3 Å². The lowest BCUT2D eigenvalue weighted by Gasteiger charge is -2.21. The third kappa shape index (κ3) is 6.59. The van der Waals surface area contributed by atoms with Crippen LogP contribution in [0.2, 0.25) is 0 Å². The highest BCUT2D eigenvalue weighted by Gasteiger charge is 2.20. The minimum absolute atomic E-state index is 0.0201. The first-order valence-electron chi connectivity index (χ1n) is 10.2. The van der Waals surface area contributed by atoms with Crippen molar-refractivity contribution in [2.75, 3.05) is 30.4 Å². The van der Waals surface area contributed by atoms with Crippen LogP contribution >= 0.6 is 15.9 Å². The van der Waals surface area contributed by atoms with Crippen LogP contribution in [0.5, 0.6) is 0 Å². The van der Waals surface area contributed by atoms with Crippen molar-refractivity contribution in [2.24, 2.45) is 5.92 Å². The van der Waals surface area contributed by atoms with Gasteiger partial charge in [-0.15, -0.1) is 0 Å². The van der Waals surface area contributed by atoms with Crippen molar-refractivity contribution in [3.63, 3.8) is 0 Å². The number of sulfonamides is 1. The predicted octanol–water partition coefficient (Wildman–Crippen LogP) is 2.87. The van der Waals surface area contributed by atoms with Gasteiger partial charge >= 0.3 is 0 Å². The van der Waals surface area contributed by atoms with Gasteiger partial charge in [-0.1, -0.05) is 13.8 Å². The minimum Gasteiger partial charge on any atom is -0.394 e. The number of aliphatic hydroxyl groups excluding tert-OH is 1. The molecule has 4 N–H and O–H groups in total. The zero-order chi connectivity index (χ0) is 22.4. The average Bonchev–Trinajstić information content (AvgIpc) is 3.26. The van der Waals surface area contributed by atoms with Crippen LogP contribution < -0.4 is 15.4 Å². The summed E-state index contributed by atoms with van der Waals surface area (Å²) in [7, 11) is -3.60. The van der Waals surface area contributed by atoms with E-state index < -0.39 is 10.0 Å². The van der Waals surface area contributed by atoms with E-state index in [0.29, 0.717) is 28.5 Å². The molecule has 1 aromatic heterocycles. The summed E-state index contributed by atoms with van der Waals surface area (Å²) in [6.45, 7) is 4.95. The third-order valence-electron chi connectivity index (χ3n) is 5.01. The van der Waals surface area contributed by atoms with Crippen LogP contribution in [0.15, 0.2) is 39.8 Å². The molecule has 0 radical (unpaired) electrons. The molecule has 1 saturated heterocycles. The fraction of sp³-hybridized carbons (Fsp3) is 0.500. The summed E-state index contributed by atoms with van der Waals surface area (Å²) >= 11 is 3.41. The lowest BCUT2D eigenvalue weighted by molar-refractivity contribution is 0.114. The first kappa shape index (κ1) is 23.9. The van der Waals surface area contributed by atoms with Gasteiger partial charge in [-0.3, -0.25) is 0 Å². The summed E-state index contributed by atoms with van der Waals surface area (Å²) in [6.07, 6.45) is 3.38. The van der Waals surface area contributed by atoms with E-state index in [1.165, 1.54) is 12.1 Å². The molecule has 2 atom stereocenters. The van der Waals surface area contributed by atoms with Gasteiger partial charge in [0.05, 0.1) is 28.1 Å². The monoisotopic (exact) mass is 513 g/mol. The number of hydrogen-bond donors (Lipinski definition) is 4. The average molecular weight is 514 g/mol. The molecule has 3 rings (SSSR count). The van der Waals surface area contributed by atoms with Gasteiger partial charge in [-0.05, 0) is 59.0 Å². The standard InChI is InChI=1S/C20H28BrN5O4S/c1-13(2)18(12-27)25-19-17(21)11-22-20(26-19)24-14-5-7-16(8-6-14)31(28,29)23-10-15-4-3-9-30-15/h5-8,11,13,15,18,23,27H,3-4,9-10,12H2,1-2H3,(H2,22,24,25,26)/t15?,18-/m0/s1. The first-order chi connectivity index (χ1) is 14.8. The summed E-state index contributed by atoms with van der Waals surface area (Å²) in [5.41, 5.74) is 0.647. The SMILES string of the molecule is CC(C)[C@H](CO)Nc1nc(Nc2ccc(S(=O)(=O)NCC3CCCO3)cc2)ncc1Br. The Kier molecular flexibility index (Phi) is 8.23. The van der Waals surface area contributed by atoms with E-state index >= 15 is 0 Å². The molecule has 0 aliphatic carbocycles. The van der Waals surface area contributed by atoms with Gasteiger partial charge in [0.25, 0.3) is 0 Å². The number of hydrogen-bond acceptors (Lipinski definition) is 8. The summed E-state index contributed by atoms with van der Waals surface area (Å²) in [5, 5.41) is 15.8. The van der Waals surface area contributed by atoms with Crippen molar-refractivity contribution in [2.45, 2.75) is 43.7 Å². The van der Waals surface area contributed by atoms with Crippen molar-refractivity contribution >= 4 is 43.4 Å². The highest BCUT2D eigenvalue weighted by molar-refractivity contribution is 9.10. The van der Waals surface area contributed by atoms with Crippen LogP contribution in [0, 0.1) is 5.92 Å². The Balaban J connectivity index is 1.66. The third-order valence-corrected chi connectivity index (χ3v) is 7.03. The number of ether oxygens (including phenoxy) is 1. The Labute approximate surface area is 191 Å². The van der Waals surface area contributed by atoms with Gasteiger partial charge in [0.15, 0.2) is 0 Å². The minimum atomic E-state index is -3.60. The molecule has 31 heavy (non-hydrogen) atoms. The second kappa shape index (κ2) is 10.7. The molecule has 0 saturated carbocycles. The van der Waals surface area contributed by atoms with Crippen molar-refractivity contribution in [1.29, 1.82) is 0 Å². The topological polar surface area (TPSA) is 125 Å². The largest absolute Gasteiger partial charge is 0.394 e. The number of aliphatic hydroxyl groups is 1. The van der Waals surface area contributed by atoms with Gasteiger partial charge in [-0.25, -0.2) is 18.1 Å². The summed E-state index contributed by atoms with van der Waals surface area (Å²) < 4.78 is 33.7. The molecule has 1 fully saturated rings. The maximum Gasteiger partial charge on any atom is 0.240 e. The molecule has 2 aromatic rings. The molecule has 0 spiro atoms. The normalized spacial score (nSPS) is 17.6. The van der Waals surface area contributed by atoms with Crippen LogP contribution in [-0.4, -0.2) is 55.4 Å². The number of nitrogens with zero attached hydrogens (tertiary/aromatic N) is 2. The van der Waals surface area contributed by atoms with Crippen molar-refractivity contribution < 1.29 is 18.3 Å². The summed E-state index contributed by atoms with van der Waals surface area (Å²) in [6, 6.07) is 6.22. The van der Waals surface area contributed by atoms with Gasteiger partial charge in [-0.2, -0.15) is 4.98 Å². The predicted molar refractivity (Wildman–Crippen MR) is 123 cm³/mol. The zero-order valence-electron chi connectivity index (χ0n) is 17.5. The molecule has 0 bridgehead atoms. The van der Waals surface area contributed by atoms with E-state index in [2.05, 4.69) is 41.3 Å². The molecule has 1 unspecified atom stereocenters. The molecular weight excluding hydrogens is 486 g/mol. The van der Waals surface area contributed by atoms with E-state index in [-0.39, 0.29) is 36.1 Å². The maximum absolute atomic E-state index is 12.5. The van der Waals surface area contributed by atoms with Gasteiger partial charge in [0.2, 0.25) is 16.0 Å². The second-order valence-corrected chi connectivity index (χ2v) is 10.3. The van der Waals surface area contributed by atoms with Gasteiger partial charge in [0, 0.05) is 25.0 Å². The molecule has 2 heterocycles. The van der Waals surface area contributed by atoms with Crippen LogP contribution in [0.4, 0.5) is 17.5 Å². The number of aromatic nitrogens is 2. The lowest BCUT2D eigenvalue weighted by atomic mass is 10.1. The molecule has 1 aromatic carbocycles. The Hall–Kier alpha value is -1.79. The van der Waals surface area contributed by atoms with Crippen LogP contribution in [0.3, 0.4) is 0 Å². The quantitative estimate of drug-likeness (QED) is 0.382. The molecule has 0 amide bonds. The molecule has 9 nitrogen and oxygen atoms in total. The fourth-order valence-electron chi connectivity index (χ4n) is 3.07. The van der Waals surface area contributed by atoms with Crippen LogP contribution in [-0.2, 0) is 14.8 Å².